The van der Waals surface area contributed by atoms with Gasteiger partial charge in [0.15, 0.2) is 5.96 Å². The lowest BCUT2D eigenvalue weighted by atomic mass is 10.3. The predicted octanol–water partition coefficient (Wildman–Crippen LogP) is 1.38. The fourth-order valence-corrected chi connectivity index (χ4v) is 3.33. The van der Waals surface area contributed by atoms with Crippen molar-refractivity contribution < 1.29 is 4.52 Å². The second-order valence-electron chi connectivity index (χ2n) is 5.48. The summed E-state index contributed by atoms with van der Waals surface area (Å²) in [5, 5.41) is 8.29. The SMILES string of the molecule is CCNC(=NCc1ccon1)N1CCN(c2nc(CC)ns2)CC1. The number of anilines is 1. The highest BCUT2D eigenvalue weighted by Crippen LogP contribution is 2.19. The van der Waals surface area contributed by atoms with Crippen LogP contribution in [0, 0.1) is 0 Å². The highest BCUT2D eigenvalue weighted by Gasteiger charge is 2.22. The van der Waals surface area contributed by atoms with Gasteiger partial charge in [-0.2, -0.15) is 4.37 Å². The van der Waals surface area contributed by atoms with Gasteiger partial charge in [0, 0.05) is 56.7 Å². The molecule has 9 heteroatoms. The number of guanidine groups is 1. The van der Waals surface area contributed by atoms with Crippen LogP contribution in [0.3, 0.4) is 0 Å². The molecule has 0 aromatic carbocycles. The Bertz CT molecular complexity index is 647. The van der Waals surface area contributed by atoms with Crippen LogP contribution < -0.4 is 10.2 Å². The first-order chi connectivity index (χ1) is 11.8. The fourth-order valence-electron chi connectivity index (χ4n) is 2.53. The van der Waals surface area contributed by atoms with Gasteiger partial charge in [-0.15, -0.1) is 0 Å². The summed E-state index contributed by atoms with van der Waals surface area (Å²) in [5.74, 6) is 1.85. The minimum absolute atomic E-state index is 0.523. The number of nitrogens with one attached hydrogen (secondary N) is 1. The van der Waals surface area contributed by atoms with E-state index in [2.05, 4.69) is 48.5 Å². The Morgan fingerprint density at radius 3 is 2.79 bits per heavy atom. The minimum atomic E-state index is 0.523. The molecule has 0 bridgehead atoms. The Morgan fingerprint density at radius 2 is 2.17 bits per heavy atom. The molecule has 24 heavy (non-hydrogen) atoms. The van der Waals surface area contributed by atoms with Crippen molar-refractivity contribution in [1.29, 1.82) is 0 Å². The number of piperazine rings is 1. The van der Waals surface area contributed by atoms with Gasteiger partial charge >= 0.3 is 0 Å². The van der Waals surface area contributed by atoms with Crippen molar-refractivity contribution in [2.24, 2.45) is 4.99 Å². The summed E-state index contributed by atoms with van der Waals surface area (Å²) in [7, 11) is 0. The van der Waals surface area contributed by atoms with Gasteiger partial charge in [0.25, 0.3) is 0 Å². The number of aliphatic imine (C=N–C) groups is 1. The molecule has 3 rings (SSSR count). The van der Waals surface area contributed by atoms with Crippen LogP contribution in [0.2, 0.25) is 0 Å². The molecule has 0 aliphatic carbocycles. The lowest BCUT2D eigenvalue weighted by Gasteiger charge is -2.36. The number of aromatic nitrogens is 3. The number of hydrogen-bond donors (Lipinski definition) is 1. The smallest absolute Gasteiger partial charge is 0.205 e. The average molecular weight is 349 g/mol. The van der Waals surface area contributed by atoms with E-state index in [0.29, 0.717) is 6.54 Å². The quantitative estimate of drug-likeness (QED) is 0.645. The third kappa shape index (κ3) is 4.02. The summed E-state index contributed by atoms with van der Waals surface area (Å²) in [5.41, 5.74) is 0.838. The van der Waals surface area contributed by atoms with E-state index < -0.39 is 0 Å². The molecule has 1 aliphatic heterocycles. The second-order valence-corrected chi connectivity index (χ2v) is 6.21. The topological polar surface area (TPSA) is 82.7 Å². The molecule has 0 saturated carbocycles. The van der Waals surface area contributed by atoms with Crippen molar-refractivity contribution in [3.05, 3.63) is 23.8 Å². The van der Waals surface area contributed by atoms with Gasteiger partial charge in [-0.1, -0.05) is 12.1 Å². The number of aryl methyl sites for hydroxylation is 1. The molecule has 2 aromatic rings. The van der Waals surface area contributed by atoms with E-state index in [-0.39, 0.29) is 0 Å². The molecule has 0 unspecified atom stereocenters. The Labute approximate surface area is 145 Å². The monoisotopic (exact) mass is 349 g/mol. The van der Waals surface area contributed by atoms with Gasteiger partial charge in [-0.25, -0.2) is 9.98 Å². The van der Waals surface area contributed by atoms with E-state index in [1.165, 1.54) is 11.5 Å². The van der Waals surface area contributed by atoms with Gasteiger partial charge in [-0.05, 0) is 6.92 Å². The van der Waals surface area contributed by atoms with Crippen molar-refractivity contribution in [2.45, 2.75) is 26.8 Å². The molecule has 2 aromatic heterocycles. The van der Waals surface area contributed by atoms with E-state index in [4.69, 9.17) is 4.52 Å². The first-order valence-corrected chi connectivity index (χ1v) is 9.07. The zero-order valence-corrected chi connectivity index (χ0v) is 14.9. The van der Waals surface area contributed by atoms with Crippen molar-refractivity contribution in [1.82, 2.24) is 24.7 Å². The highest BCUT2D eigenvalue weighted by atomic mass is 32.1. The minimum Gasteiger partial charge on any atom is -0.364 e. The summed E-state index contributed by atoms with van der Waals surface area (Å²) < 4.78 is 9.23. The van der Waals surface area contributed by atoms with Crippen LogP contribution in [0.5, 0.6) is 0 Å². The Hall–Kier alpha value is -2.16. The van der Waals surface area contributed by atoms with E-state index in [9.17, 15) is 0 Å². The molecular formula is C15H23N7OS. The summed E-state index contributed by atoms with van der Waals surface area (Å²) in [6.07, 6.45) is 2.46. The van der Waals surface area contributed by atoms with Crippen LogP contribution >= 0.6 is 11.5 Å². The largest absolute Gasteiger partial charge is 0.364 e. The third-order valence-corrected chi connectivity index (χ3v) is 4.66. The fraction of sp³-hybridized carbons (Fsp3) is 0.600. The van der Waals surface area contributed by atoms with Crippen LogP contribution in [0.4, 0.5) is 5.13 Å². The van der Waals surface area contributed by atoms with Crippen LogP contribution in [-0.4, -0.2) is 58.1 Å². The van der Waals surface area contributed by atoms with E-state index >= 15 is 0 Å². The normalized spacial score (nSPS) is 15.8. The molecule has 130 valence electrons. The molecule has 1 N–H and O–H groups in total. The van der Waals surface area contributed by atoms with Crippen molar-refractivity contribution in [3.8, 4) is 0 Å². The molecule has 0 radical (unpaired) electrons. The lowest BCUT2D eigenvalue weighted by Crippen LogP contribution is -2.52. The van der Waals surface area contributed by atoms with Gasteiger partial charge in [0.1, 0.15) is 17.8 Å². The number of rotatable bonds is 5. The van der Waals surface area contributed by atoms with Crippen LogP contribution in [0.15, 0.2) is 21.8 Å². The molecule has 0 amide bonds. The van der Waals surface area contributed by atoms with Gasteiger partial charge in [0.05, 0.1) is 6.54 Å². The Kier molecular flexibility index (Phi) is 5.63. The highest BCUT2D eigenvalue weighted by molar-refractivity contribution is 7.09. The number of hydrogen-bond acceptors (Lipinski definition) is 7. The summed E-state index contributed by atoms with van der Waals surface area (Å²) >= 11 is 1.49. The van der Waals surface area contributed by atoms with Crippen LogP contribution in [0.1, 0.15) is 25.4 Å². The van der Waals surface area contributed by atoms with E-state index in [1.807, 2.05) is 6.07 Å². The first-order valence-electron chi connectivity index (χ1n) is 8.30. The Morgan fingerprint density at radius 1 is 1.33 bits per heavy atom. The zero-order valence-electron chi connectivity index (χ0n) is 14.1. The molecule has 1 saturated heterocycles. The molecular weight excluding hydrogens is 326 g/mol. The summed E-state index contributed by atoms with van der Waals surface area (Å²) in [4.78, 5) is 13.8. The Balaban J connectivity index is 1.59. The third-order valence-electron chi connectivity index (χ3n) is 3.84. The van der Waals surface area contributed by atoms with Crippen molar-refractivity contribution >= 4 is 22.6 Å². The van der Waals surface area contributed by atoms with Gasteiger partial charge in [0.2, 0.25) is 5.13 Å². The van der Waals surface area contributed by atoms with Gasteiger partial charge < -0.3 is 19.6 Å². The van der Waals surface area contributed by atoms with Crippen LogP contribution in [-0.2, 0) is 13.0 Å². The molecule has 0 spiro atoms. The standard InChI is InChI=1S/C15H23N7OS/c1-3-13-18-15(24-20-13)22-8-6-21(7-9-22)14(16-4-2)17-11-12-5-10-23-19-12/h5,10H,3-4,6-9,11H2,1-2H3,(H,16,17). The maximum Gasteiger partial charge on any atom is 0.205 e. The lowest BCUT2D eigenvalue weighted by molar-refractivity contribution is 0.371. The molecule has 0 atom stereocenters. The first kappa shape index (κ1) is 16.7. The summed E-state index contributed by atoms with van der Waals surface area (Å²) in [6, 6.07) is 1.84. The maximum atomic E-state index is 4.85. The van der Waals surface area contributed by atoms with E-state index in [0.717, 1.165) is 61.8 Å². The zero-order chi connectivity index (χ0) is 16.8. The molecule has 8 nitrogen and oxygen atoms in total. The second kappa shape index (κ2) is 8.09. The molecule has 3 heterocycles. The van der Waals surface area contributed by atoms with Crippen molar-refractivity contribution in [3.63, 3.8) is 0 Å². The molecule has 1 fully saturated rings. The van der Waals surface area contributed by atoms with E-state index in [1.54, 1.807) is 6.26 Å². The van der Waals surface area contributed by atoms with Crippen molar-refractivity contribution in [2.75, 3.05) is 37.6 Å². The average Bonchev–Trinajstić information content (AvgIpc) is 3.30. The van der Waals surface area contributed by atoms with Crippen LogP contribution in [0.25, 0.3) is 0 Å². The summed E-state index contributed by atoms with van der Waals surface area (Å²) in [6.45, 7) is 9.19. The number of nitrogens with zero attached hydrogens (tertiary/aromatic N) is 6. The molecule has 1 aliphatic rings. The predicted molar refractivity (Wildman–Crippen MR) is 94.4 cm³/mol. The van der Waals surface area contributed by atoms with Gasteiger partial charge in [-0.3, -0.25) is 0 Å². The maximum absolute atomic E-state index is 4.85.